The van der Waals surface area contributed by atoms with Crippen molar-refractivity contribution in [1.29, 1.82) is 0 Å². The lowest BCUT2D eigenvalue weighted by atomic mass is 10.1. The maximum atomic E-state index is 11.9. The number of nitrogens with zero attached hydrogens (tertiary/aromatic N) is 2. The number of nitrogens with one attached hydrogen (secondary N) is 1. The van der Waals surface area contributed by atoms with Crippen LogP contribution in [0.1, 0.15) is 41.9 Å². The number of aromatic nitrogens is 2. The van der Waals surface area contributed by atoms with Gasteiger partial charge in [0.15, 0.2) is 0 Å². The molecule has 6 heteroatoms. The highest BCUT2D eigenvalue weighted by molar-refractivity contribution is 5.89. The lowest BCUT2D eigenvalue weighted by Crippen LogP contribution is -2.28. The van der Waals surface area contributed by atoms with Crippen molar-refractivity contribution in [2.24, 2.45) is 0 Å². The predicted octanol–water partition coefficient (Wildman–Crippen LogP) is 2.24. The highest BCUT2D eigenvalue weighted by Gasteiger charge is 2.44. The Labute approximate surface area is 128 Å². The van der Waals surface area contributed by atoms with Crippen molar-refractivity contribution in [2.75, 3.05) is 13.2 Å². The minimum Gasteiger partial charge on any atom is -0.492 e. The fourth-order valence-corrected chi connectivity index (χ4v) is 2.00. The normalized spacial score (nSPS) is 15.4. The fourth-order valence-electron chi connectivity index (χ4n) is 2.00. The smallest absolute Gasteiger partial charge is 0.308 e. The first-order chi connectivity index (χ1) is 10.6. The lowest BCUT2D eigenvalue weighted by Gasteiger charge is -2.06. The van der Waals surface area contributed by atoms with Gasteiger partial charge >= 0.3 is 11.8 Å². The first kappa shape index (κ1) is 14.6. The Morgan fingerprint density at radius 1 is 1.32 bits per heavy atom. The number of hydrogen-bond donors (Lipinski definition) is 1. The van der Waals surface area contributed by atoms with E-state index in [1.165, 1.54) is 5.56 Å². The Balaban J connectivity index is 1.44. The van der Waals surface area contributed by atoms with Crippen LogP contribution in [0.3, 0.4) is 0 Å². The van der Waals surface area contributed by atoms with E-state index in [4.69, 9.17) is 9.15 Å². The largest absolute Gasteiger partial charge is 0.492 e. The quantitative estimate of drug-likeness (QED) is 0.828. The third-order valence-electron chi connectivity index (χ3n) is 3.81. The Kier molecular flexibility index (Phi) is 3.83. The van der Waals surface area contributed by atoms with Crippen LogP contribution >= 0.6 is 0 Å². The molecule has 0 atom stereocenters. The molecule has 0 spiro atoms. The molecular weight excluding hydrogens is 282 g/mol. The lowest BCUT2D eigenvalue weighted by molar-refractivity contribution is 0.0909. The highest BCUT2D eigenvalue weighted by atomic mass is 16.5. The summed E-state index contributed by atoms with van der Waals surface area (Å²) in [6.07, 6.45) is 2.06. The van der Waals surface area contributed by atoms with Crippen molar-refractivity contribution in [2.45, 2.75) is 32.1 Å². The van der Waals surface area contributed by atoms with E-state index in [-0.39, 0.29) is 17.2 Å². The second-order valence-electron chi connectivity index (χ2n) is 5.89. The van der Waals surface area contributed by atoms with Gasteiger partial charge in [0.1, 0.15) is 12.4 Å². The minimum atomic E-state index is -0.365. The predicted molar refractivity (Wildman–Crippen MR) is 79.9 cm³/mol. The van der Waals surface area contributed by atoms with E-state index >= 15 is 0 Å². The fraction of sp³-hybridized carbons (Fsp3) is 0.438. The summed E-state index contributed by atoms with van der Waals surface area (Å²) in [4.78, 5) is 11.9. The number of benzene rings is 1. The zero-order valence-corrected chi connectivity index (χ0v) is 12.8. The SMILES string of the molecule is Cc1ccc(OCCNC(=O)c2nnc(C3(C)CC3)o2)cc1. The number of rotatable bonds is 6. The monoisotopic (exact) mass is 301 g/mol. The van der Waals surface area contributed by atoms with Gasteiger partial charge in [-0.1, -0.05) is 24.6 Å². The Morgan fingerprint density at radius 2 is 2.05 bits per heavy atom. The van der Waals surface area contributed by atoms with Gasteiger partial charge in [-0.15, -0.1) is 10.2 Å². The van der Waals surface area contributed by atoms with Crippen molar-refractivity contribution < 1.29 is 13.9 Å². The Morgan fingerprint density at radius 3 is 2.73 bits per heavy atom. The molecule has 1 aliphatic carbocycles. The minimum absolute atomic E-state index is 0.0125. The number of carbonyl (C=O) groups excluding carboxylic acids is 1. The number of ether oxygens (including phenoxy) is 1. The van der Waals surface area contributed by atoms with Gasteiger partial charge in [-0.05, 0) is 31.9 Å². The molecule has 1 saturated carbocycles. The molecule has 116 valence electrons. The first-order valence-electron chi connectivity index (χ1n) is 7.38. The summed E-state index contributed by atoms with van der Waals surface area (Å²) in [6.45, 7) is 4.83. The Bertz CT molecular complexity index is 660. The average Bonchev–Trinajstić information content (AvgIpc) is 3.06. The van der Waals surface area contributed by atoms with Crippen LogP contribution in [0.15, 0.2) is 28.7 Å². The van der Waals surface area contributed by atoms with Crippen molar-refractivity contribution in [3.05, 3.63) is 41.6 Å². The van der Waals surface area contributed by atoms with Crippen molar-refractivity contribution in [1.82, 2.24) is 15.5 Å². The second kappa shape index (κ2) is 5.79. The number of hydrogen-bond acceptors (Lipinski definition) is 5. The van der Waals surface area contributed by atoms with Crippen LogP contribution in [0.4, 0.5) is 0 Å². The zero-order valence-electron chi connectivity index (χ0n) is 12.8. The molecule has 0 bridgehead atoms. The summed E-state index contributed by atoms with van der Waals surface area (Å²) in [7, 11) is 0. The molecule has 0 aliphatic heterocycles. The van der Waals surface area contributed by atoms with Gasteiger partial charge in [-0.25, -0.2) is 0 Å². The van der Waals surface area contributed by atoms with E-state index in [0.717, 1.165) is 18.6 Å². The molecule has 1 fully saturated rings. The van der Waals surface area contributed by atoms with Gasteiger partial charge in [0.2, 0.25) is 5.89 Å². The molecule has 6 nitrogen and oxygen atoms in total. The van der Waals surface area contributed by atoms with Gasteiger partial charge in [0.25, 0.3) is 0 Å². The third kappa shape index (κ3) is 3.27. The van der Waals surface area contributed by atoms with Gasteiger partial charge in [0, 0.05) is 5.41 Å². The van der Waals surface area contributed by atoms with Crippen molar-refractivity contribution in [3.63, 3.8) is 0 Å². The Hall–Kier alpha value is -2.37. The number of aryl methyl sites for hydroxylation is 1. The molecule has 3 rings (SSSR count). The topological polar surface area (TPSA) is 77.2 Å². The van der Waals surface area contributed by atoms with Gasteiger partial charge in [-0.2, -0.15) is 0 Å². The van der Waals surface area contributed by atoms with Gasteiger partial charge < -0.3 is 14.5 Å². The van der Waals surface area contributed by atoms with Crippen LogP contribution in [0.2, 0.25) is 0 Å². The average molecular weight is 301 g/mol. The third-order valence-corrected chi connectivity index (χ3v) is 3.81. The van der Waals surface area contributed by atoms with E-state index in [1.807, 2.05) is 31.2 Å². The van der Waals surface area contributed by atoms with Crippen LogP contribution < -0.4 is 10.1 Å². The molecular formula is C16H19N3O3. The molecule has 2 aromatic rings. The first-order valence-corrected chi connectivity index (χ1v) is 7.38. The van der Waals surface area contributed by atoms with Crippen LogP contribution in [-0.2, 0) is 5.41 Å². The molecule has 0 unspecified atom stereocenters. The van der Waals surface area contributed by atoms with E-state index in [0.29, 0.717) is 19.0 Å². The van der Waals surface area contributed by atoms with Crippen LogP contribution in [-0.4, -0.2) is 29.3 Å². The van der Waals surface area contributed by atoms with Crippen molar-refractivity contribution in [3.8, 4) is 5.75 Å². The zero-order chi connectivity index (χ0) is 15.6. The molecule has 1 N–H and O–H groups in total. The summed E-state index contributed by atoms with van der Waals surface area (Å²) < 4.78 is 11.0. The van der Waals surface area contributed by atoms with Gasteiger partial charge in [-0.3, -0.25) is 4.79 Å². The molecule has 0 saturated heterocycles. The summed E-state index contributed by atoms with van der Waals surface area (Å²) in [5.41, 5.74) is 1.15. The molecule has 1 heterocycles. The standard InChI is InChI=1S/C16H19N3O3/c1-11-3-5-12(6-4-11)21-10-9-17-13(20)14-18-19-15(22-14)16(2)7-8-16/h3-6H,7-10H2,1-2H3,(H,17,20). The maximum absolute atomic E-state index is 11.9. The van der Waals surface area contributed by atoms with Crippen LogP contribution in [0.5, 0.6) is 5.75 Å². The maximum Gasteiger partial charge on any atom is 0.308 e. The molecule has 1 aromatic carbocycles. The molecule has 1 amide bonds. The van der Waals surface area contributed by atoms with Crippen LogP contribution in [0, 0.1) is 6.92 Å². The molecule has 22 heavy (non-hydrogen) atoms. The summed E-state index contributed by atoms with van der Waals surface area (Å²) in [5, 5.41) is 10.5. The van der Waals surface area contributed by atoms with E-state index in [2.05, 4.69) is 22.4 Å². The highest BCUT2D eigenvalue weighted by Crippen LogP contribution is 2.46. The van der Waals surface area contributed by atoms with E-state index in [9.17, 15) is 4.79 Å². The summed E-state index contributed by atoms with van der Waals surface area (Å²) in [6, 6.07) is 7.76. The number of amides is 1. The summed E-state index contributed by atoms with van der Waals surface area (Å²) in [5.74, 6) is 0.976. The number of carbonyl (C=O) groups is 1. The van der Waals surface area contributed by atoms with Gasteiger partial charge in [0.05, 0.1) is 6.54 Å². The summed E-state index contributed by atoms with van der Waals surface area (Å²) >= 11 is 0. The second-order valence-corrected chi connectivity index (χ2v) is 5.89. The van der Waals surface area contributed by atoms with Crippen LogP contribution in [0.25, 0.3) is 0 Å². The molecule has 0 radical (unpaired) electrons. The molecule has 1 aromatic heterocycles. The van der Waals surface area contributed by atoms with E-state index < -0.39 is 0 Å². The molecule has 1 aliphatic rings. The van der Waals surface area contributed by atoms with E-state index in [1.54, 1.807) is 0 Å². The van der Waals surface area contributed by atoms with Crippen molar-refractivity contribution >= 4 is 5.91 Å².